The second-order valence-electron chi connectivity index (χ2n) is 6.50. The Balaban J connectivity index is 1.84. The molecule has 1 aliphatic carbocycles. The van der Waals surface area contributed by atoms with Crippen LogP contribution in [0.25, 0.3) is 11.1 Å². The second-order valence-corrected chi connectivity index (χ2v) is 7.88. The number of hydrogen-bond acceptors (Lipinski definition) is 4. The highest BCUT2D eigenvalue weighted by molar-refractivity contribution is 7.84. The van der Waals surface area contributed by atoms with Gasteiger partial charge in [-0.3, -0.25) is 4.21 Å². The van der Waals surface area contributed by atoms with E-state index in [1.807, 2.05) is 42.5 Å². The molecule has 2 aromatic carbocycles. The van der Waals surface area contributed by atoms with E-state index in [2.05, 4.69) is 11.4 Å². The van der Waals surface area contributed by atoms with Crippen LogP contribution >= 0.6 is 0 Å². The van der Waals surface area contributed by atoms with Crippen molar-refractivity contribution in [3.63, 3.8) is 0 Å². The van der Waals surface area contributed by atoms with Gasteiger partial charge in [0.2, 0.25) is 0 Å². The molecule has 130 valence electrons. The van der Waals surface area contributed by atoms with Crippen LogP contribution in [0.4, 0.5) is 5.69 Å². The summed E-state index contributed by atoms with van der Waals surface area (Å²) in [4.78, 5) is 0.802. The standard InChI is InChI=1S/C20H22N2O2S/c1-25(24)19-10-4-14(5-11-19)15-2-3-16(13-21)20(12-15)22-17-6-8-18(23)9-7-17/h2-5,10-12,17-18,22-23H,6-9H2,1H3. The van der Waals surface area contributed by atoms with Crippen LogP contribution in [0.3, 0.4) is 0 Å². The van der Waals surface area contributed by atoms with Gasteiger partial charge < -0.3 is 10.4 Å². The predicted molar refractivity (Wildman–Crippen MR) is 101 cm³/mol. The topological polar surface area (TPSA) is 73.1 Å². The van der Waals surface area contributed by atoms with Crippen LogP contribution in [0.2, 0.25) is 0 Å². The minimum absolute atomic E-state index is 0.192. The molecule has 1 aliphatic rings. The van der Waals surface area contributed by atoms with E-state index in [0.29, 0.717) is 5.56 Å². The lowest BCUT2D eigenvalue weighted by Gasteiger charge is -2.27. The van der Waals surface area contributed by atoms with Gasteiger partial charge in [-0.1, -0.05) is 18.2 Å². The fourth-order valence-corrected chi connectivity index (χ4v) is 3.74. The molecule has 4 nitrogen and oxygen atoms in total. The van der Waals surface area contributed by atoms with Crippen molar-refractivity contribution >= 4 is 16.5 Å². The fourth-order valence-electron chi connectivity index (χ4n) is 3.22. The average molecular weight is 354 g/mol. The van der Waals surface area contributed by atoms with Gasteiger partial charge >= 0.3 is 0 Å². The first-order valence-electron chi connectivity index (χ1n) is 8.49. The Morgan fingerprint density at radius 2 is 1.72 bits per heavy atom. The first kappa shape index (κ1) is 17.7. The number of anilines is 1. The molecule has 1 atom stereocenters. The third-order valence-corrected chi connectivity index (χ3v) is 5.65. The molecular formula is C20H22N2O2S. The average Bonchev–Trinajstić information content (AvgIpc) is 2.63. The lowest BCUT2D eigenvalue weighted by molar-refractivity contribution is 0.126. The van der Waals surface area contributed by atoms with Crippen LogP contribution in [0, 0.1) is 11.3 Å². The molecule has 0 radical (unpaired) electrons. The monoisotopic (exact) mass is 354 g/mol. The zero-order valence-corrected chi connectivity index (χ0v) is 15.1. The van der Waals surface area contributed by atoms with Crippen LogP contribution < -0.4 is 5.32 Å². The predicted octanol–water partition coefficient (Wildman–Crippen LogP) is 3.68. The minimum atomic E-state index is -0.987. The number of nitrogens with zero attached hydrogens (tertiary/aromatic N) is 1. The van der Waals surface area contributed by atoms with Crippen molar-refractivity contribution in [3.05, 3.63) is 48.0 Å². The summed E-state index contributed by atoms with van der Waals surface area (Å²) in [6.07, 6.45) is 4.90. The Bertz CT molecular complexity index is 803. The molecule has 2 N–H and O–H groups in total. The number of rotatable bonds is 4. The lowest BCUT2D eigenvalue weighted by atomic mass is 9.92. The Morgan fingerprint density at radius 1 is 1.08 bits per heavy atom. The van der Waals surface area contributed by atoms with Gasteiger partial charge in [-0.15, -0.1) is 0 Å². The van der Waals surface area contributed by atoms with Gasteiger partial charge in [0.25, 0.3) is 0 Å². The van der Waals surface area contributed by atoms with Crippen molar-refractivity contribution in [3.8, 4) is 17.2 Å². The number of hydrogen-bond donors (Lipinski definition) is 2. The summed E-state index contributed by atoms with van der Waals surface area (Å²) in [6, 6.07) is 16.0. The molecule has 2 aromatic rings. The largest absolute Gasteiger partial charge is 0.393 e. The number of aliphatic hydroxyl groups excluding tert-OH is 1. The number of aliphatic hydroxyl groups is 1. The van der Waals surface area contributed by atoms with E-state index in [9.17, 15) is 14.6 Å². The lowest BCUT2D eigenvalue weighted by Crippen LogP contribution is -2.28. The molecule has 5 heteroatoms. The third kappa shape index (κ3) is 4.28. The maximum Gasteiger partial charge on any atom is 0.101 e. The minimum Gasteiger partial charge on any atom is -0.393 e. The summed E-state index contributed by atoms with van der Waals surface area (Å²) in [5.41, 5.74) is 3.51. The van der Waals surface area contributed by atoms with Crippen LogP contribution in [0.1, 0.15) is 31.2 Å². The van der Waals surface area contributed by atoms with Crippen molar-refractivity contribution in [2.75, 3.05) is 11.6 Å². The summed E-state index contributed by atoms with van der Waals surface area (Å²) in [5.74, 6) is 0. The van der Waals surface area contributed by atoms with E-state index in [4.69, 9.17) is 0 Å². The van der Waals surface area contributed by atoms with Crippen LogP contribution in [0.5, 0.6) is 0 Å². The smallest absolute Gasteiger partial charge is 0.101 e. The Kier molecular flexibility index (Phi) is 5.52. The molecule has 1 unspecified atom stereocenters. The molecular weight excluding hydrogens is 332 g/mol. The number of benzene rings is 2. The second kappa shape index (κ2) is 7.81. The molecule has 1 fully saturated rings. The van der Waals surface area contributed by atoms with E-state index >= 15 is 0 Å². The van der Waals surface area contributed by atoms with Crippen molar-refractivity contribution < 1.29 is 9.32 Å². The van der Waals surface area contributed by atoms with Crippen molar-refractivity contribution in [2.24, 2.45) is 0 Å². The summed E-state index contributed by atoms with van der Waals surface area (Å²) in [7, 11) is -0.987. The molecule has 25 heavy (non-hydrogen) atoms. The van der Waals surface area contributed by atoms with Crippen molar-refractivity contribution in [1.82, 2.24) is 0 Å². The van der Waals surface area contributed by atoms with E-state index in [-0.39, 0.29) is 12.1 Å². The number of nitriles is 1. The zero-order valence-electron chi connectivity index (χ0n) is 14.2. The molecule has 3 rings (SSSR count). The van der Waals surface area contributed by atoms with Crippen LogP contribution in [-0.2, 0) is 10.8 Å². The normalized spacial score (nSPS) is 21.3. The molecule has 0 amide bonds. The van der Waals surface area contributed by atoms with E-state index in [0.717, 1.165) is 47.4 Å². The summed E-state index contributed by atoms with van der Waals surface area (Å²) >= 11 is 0. The van der Waals surface area contributed by atoms with Gasteiger partial charge in [-0.2, -0.15) is 5.26 Å². The first-order chi connectivity index (χ1) is 12.1. The quantitative estimate of drug-likeness (QED) is 0.878. The molecule has 0 aliphatic heterocycles. The summed E-state index contributed by atoms with van der Waals surface area (Å²) in [6.45, 7) is 0. The third-order valence-electron chi connectivity index (χ3n) is 4.72. The van der Waals surface area contributed by atoms with E-state index < -0.39 is 10.8 Å². The van der Waals surface area contributed by atoms with Gasteiger partial charge in [0.15, 0.2) is 0 Å². The molecule has 1 saturated carbocycles. The van der Waals surface area contributed by atoms with Gasteiger partial charge in [0.05, 0.1) is 17.4 Å². The maximum atomic E-state index is 11.5. The van der Waals surface area contributed by atoms with Gasteiger partial charge in [-0.05, 0) is 61.1 Å². The van der Waals surface area contributed by atoms with Crippen LogP contribution in [0.15, 0.2) is 47.4 Å². The summed E-state index contributed by atoms with van der Waals surface area (Å²) < 4.78 is 11.5. The first-order valence-corrected chi connectivity index (χ1v) is 10.0. The molecule has 0 aromatic heterocycles. The Morgan fingerprint density at radius 3 is 2.32 bits per heavy atom. The zero-order chi connectivity index (χ0) is 17.8. The Labute approximate surface area is 151 Å². The van der Waals surface area contributed by atoms with Gasteiger partial charge in [0.1, 0.15) is 6.07 Å². The number of nitrogens with one attached hydrogen (secondary N) is 1. The van der Waals surface area contributed by atoms with E-state index in [1.54, 1.807) is 6.26 Å². The van der Waals surface area contributed by atoms with Crippen molar-refractivity contribution in [2.45, 2.75) is 42.7 Å². The highest BCUT2D eigenvalue weighted by Crippen LogP contribution is 2.29. The van der Waals surface area contributed by atoms with Crippen molar-refractivity contribution in [1.29, 1.82) is 5.26 Å². The SMILES string of the molecule is CS(=O)c1ccc(-c2ccc(C#N)c(NC3CCC(O)CC3)c2)cc1. The fraction of sp³-hybridized carbons (Fsp3) is 0.350. The molecule has 0 spiro atoms. The molecule has 0 heterocycles. The van der Waals surface area contributed by atoms with Gasteiger partial charge in [0, 0.05) is 28.0 Å². The highest BCUT2D eigenvalue weighted by Gasteiger charge is 2.20. The van der Waals surface area contributed by atoms with Crippen LogP contribution in [-0.4, -0.2) is 27.7 Å². The van der Waals surface area contributed by atoms with Gasteiger partial charge in [-0.25, -0.2) is 0 Å². The Hall–Kier alpha value is -2.16. The molecule has 0 saturated heterocycles. The van der Waals surface area contributed by atoms with E-state index in [1.165, 1.54) is 0 Å². The molecule has 0 bridgehead atoms. The highest BCUT2D eigenvalue weighted by atomic mass is 32.2. The summed E-state index contributed by atoms with van der Waals surface area (Å²) in [5, 5.41) is 22.5. The maximum absolute atomic E-state index is 11.5.